The molecule has 7 rings (SSSR count). The van der Waals surface area contributed by atoms with E-state index in [9.17, 15) is 4.79 Å². The monoisotopic (exact) mass is 539 g/mol. The van der Waals surface area contributed by atoms with Gasteiger partial charge < -0.3 is 9.47 Å². The van der Waals surface area contributed by atoms with Crippen molar-refractivity contribution in [2.75, 3.05) is 13.1 Å². The summed E-state index contributed by atoms with van der Waals surface area (Å²) in [6.07, 6.45) is 5.03. The fraction of sp³-hybridized carbons (Fsp3) is 0.276. The van der Waals surface area contributed by atoms with Gasteiger partial charge in [-0.25, -0.2) is 4.98 Å². The highest BCUT2D eigenvalue weighted by Crippen LogP contribution is 2.35. The second kappa shape index (κ2) is 8.59. The van der Waals surface area contributed by atoms with Gasteiger partial charge in [0.2, 0.25) is 5.91 Å². The molecule has 7 heteroatoms. The van der Waals surface area contributed by atoms with Crippen LogP contribution in [0.25, 0.3) is 44.5 Å². The Morgan fingerprint density at radius 2 is 1.78 bits per heavy atom. The Bertz CT molecular complexity index is 1600. The molecule has 0 bridgehead atoms. The van der Waals surface area contributed by atoms with Crippen LogP contribution < -0.4 is 0 Å². The predicted octanol–water partition coefficient (Wildman–Crippen LogP) is 6.27. The number of rotatable bonds is 5. The smallest absolute Gasteiger partial charge is 0.225 e. The van der Waals surface area contributed by atoms with Gasteiger partial charge in [0.05, 0.1) is 22.7 Å². The summed E-state index contributed by atoms with van der Waals surface area (Å²) in [5.41, 5.74) is 6.59. The third-order valence-corrected chi connectivity index (χ3v) is 8.09. The molecule has 1 saturated carbocycles. The molecule has 2 fully saturated rings. The average molecular weight is 540 g/mol. The summed E-state index contributed by atoms with van der Waals surface area (Å²) in [5, 5.41) is 8.25. The van der Waals surface area contributed by atoms with Crippen molar-refractivity contribution in [1.29, 1.82) is 0 Å². The Morgan fingerprint density at radius 1 is 0.972 bits per heavy atom. The number of amides is 1. The third-order valence-electron chi connectivity index (χ3n) is 7.59. The Balaban J connectivity index is 1.21. The minimum Gasteiger partial charge on any atom is -0.342 e. The maximum atomic E-state index is 12.6. The molecule has 1 aliphatic carbocycles. The van der Waals surface area contributed by atoms with Gasteiger partial charge in [0.1, 0.15) is 5.82 Å². The molecule has 180 valence electrons. The molecule has 2 aromatic heterocycles. The van der Waals surface area contributed by atoms with Crippen molar-refractivity contribution in [2.45, 2.75) is 25.8 Å². The number of halogens is 1. The quantitative estimate of drug-likeness (QED) is 0.286. The zero-order valence-corrected chi connectivity index (χ0v) is 21.4. The first-order chi connectivity index (χ1) is 17.6. The minimum atomic E-state index is 0.289. The molecule has 3 aromatic carbocycles. The highest BCUT2D eigenvalue weighted by atomic mass is 79.9. The Morgan fingerprint density at radius 3 is 2.61 bits per heavy atom. The molecule has 1 saturated heterocycles. The van der Waals surface area contributed by atoms with Gasteiger partial charge in [0.15, 0.2) is 0 Å². The van der Waals surface area contributed by atoms with E-state index in [0.29, 0.717) is 11.8 Å². The molecule has 36 heavy (non-hydrogen) atoms. The van der Waals surface area contributed by atoms with Gasteiger partial charge in [0.25, 0.3) is 0 Å². The van der Waals surface area contributed by atoms with E-state index in [1.165, 1.54) is 5.56 Å². The van der Waals surface area contributed by atoms with Crippen molar-refractivity contribution < 1.29 is 4.79 Å². The van der Waals surface area contributed by atoms with Crippen LogP contribution in [-0.2, 0) is 11.3 Å². The summed E-state index contributed by atoms with van der Waals surface area (Å²) >= 11 is 3.65. The highest BCUT2D eigenvalue weighted by Gasteiger charge is 2.36. The van der Waals surface area contributed by atoms with E-state index in [0.717, 1.165) is 82.3 Å². The summed E-state index contributed by atoms with van der Waals surface area (Å²) in [6.45, 7) is 2.58. The molecule has 3 heterocycles. The lowest BCUT2D eigenvalue weighted by molar-refractivity contribution is -0.131. The first-order valence-electron chi connectivity index (χ1n) is 12.6. The van der Waals surface area contributed by atoms with Crippen LogP contribution >= 0.6 is 15.9 Å². The third kappa shape index (κ3) is 3.91. The van der Waals surface area contributed by atoms with Crippen molar-refractivity contribution in [3.63, 3.8) is 0 Å². The number of nitrogens with one attached hydrogen (secondary N) is 1. The predicted molar refractivity (Wildman–Crippen MR) is 145 cm³/mol. The number of fused-ring (bicyclic) bond motifs is 2. The molecule has 5 aromatic rings. The van der Waals surface area contributed by atoms with Crippen LogP contribution in [-0.4, -0.2) is 43.6 Å². The normalized spacial score (nSPS) is 17.9. The number of carbonyl (C=O) groups excluding carboxylic acids is 1. The van der Waals surface area contributed by atoms with Crippen LogP contribution in [0.3, 0.4) is 0 Å². The van der Waals surface area contributed by atoms with Crippen molar-refractivity contribution in [3.05, 3.63) is 71.3 Å². The van der Waals surface area contributed by atoms with Crippen LogP contribution in [0.4, 0.5) is 0 Å². The summed E-state index contributed by atoms with van der Waals surface area (Å²) < 4.78 is 3.40. The van der Waals surface area contributed by atoms with Gasteiger partial charge >= 0.3 is 0 Å². The van der Waals surface area contributed by atoms with Gasteiger partial charge in [-0.3, -0.25) is 9.89 Å². The molecule has 0 radical (unpaired) electrons. The lowest BCUT2D eigenvalue weighted by atomic mass is 10.0. The van der Waals surface area contributed by atoms with Gasteiger partial charge in [-0.05, 0) is 66.6 Å². The fourth-order valence-electron chi connectivity index (χ4n) is 5.46. The van der Waals surface area contributed by atoms with Gasteiger partial charge in [-0.1, -0.05) is 46.3 Å². The number of hydrogen-bond donors (Lipinski definition) is 1. The second-order valence-corrected chi connectivity index (χ2v) is 11.1. The molecule has 0 spiro atoms. The van der Waals surface area contributed by atoms with Crippen LogP contribution in [0.2, 0.25) is 0 Å². The van der Waals surface area contributed by atoms with Crippen LogP contribution in [0.5, 0.6) is 0 Å². The molecule has 6 nitrogen and oxygen atoms in total. The standard InChI is InChI=1S/C29H26BrN5O/c30-24-8-10-26-27(14-24)35(17-18-11-12-34(16-18)29(36)21-5-6-21)28(32-26)20-3-1-19(2-4-20)22-7-9-25-23(13-22)15-31-33-25/h1-4,7-10,13-15,18,21H,5-6,11-12,16-17H2,(H,31,33). The van der Waals surface area contributed by atoms with Gasteiger partial charge in [-0.15, -0.1) is 0 Å². The van der Waals surface area contributed by atoms with Crippen LogP contribution in [0.15, 0.2) is 71.3 Å². The number of aromatic nitrogens is 4. The zero-order chi connectivity index (χ0) is 24.2. The SMILES string of the molecule is O=C(C1CC1)N1CCC(Cn2c(-c3ccc(-c4ccc5[nH]ncc5c4)cc3)nc3ccc(Br)cc32)C1. The number of nitrogens with zero attached hydrogens (tertiary/aromatic N) is 4. The topological polar surface area (TPSA) is 66.8 Å². The van der Waals surface area contributed by atoms with E-state index in [2.05, 4.69) is 90.2 Å². The van der Waals surface area contributed by atoms with Crippen molar-refractivity contribution in [1.82, 2.24) is 24.6 Å². The number of benzene rings is 3. The maximum Gasteiger partial charge on any atom is 0.225 e. The van der Waals surface area contributed by atoms with Crippen LogP contribution in [0.1, 0.15) is 19.3 Å². The number of likely N-dealkylation sites (tertiary alicyclic amines) is 1. The van der Waals surface area contributed by atoms with E-state index < -0.39 is 0 Å². The summed E-state index contributed by atoms with van der Waals surface area (Å²) in [6, 6.07) is 21.3. The molecule has 1 unspecified atom stereocenters. The molecule has 2 aliphatic rings. The lowest BCUT2D eigenvalue weighted by Gasteiger charge is -2.18. The Labute approximate surface area is 217 Å². The molecule has 1 N–H and O–H groups in total. The molecule has 1 amide bonds. The molecule has 1 aliphatic heterocycles. The van der Waals surface area contributed by atoms with E-state index >= 15 is 0 Å². The van der Waals surface area contributed by atoms with Crippen molar-refractivity contribution in [2.24, 2.45) is 11.8 Å². The molecule has 1 atom stereocenters. The number of carbonyl (C=O) groups is 1. The number of hydrogen-bond acceptors (Lipinski definition) is 3. The first-order valence-corrected chi connectivity index (χ1v) is 13.4. The number of imidazole rings is 1. The van der Waals surface area contributed by atoms with Crippen molar-refractivity contribution >= 4 is 43.8 Å². The van der Waals surface area contributed by atoms with E-state index in [1.54, 1.807) is 0 Å². The fourth-order valence-corrected chi connectivity index (χ4v) is 5.81. The maximum absolute atomic E-state index is 12.6. The summed E-state index contributed by atoms with van der Waals surface area (Å²) in [7, 11) is 0. The van der Waals surface area contributed by atoms with Gasteiger partial charge in [-0.2, -0.15) is 5.10 Å². The second-order valence-electron chi connectivity index (χ2n) is 10.1. The van der Waals surface area contributed by atoms with E-state index in [4.69, 9.17) is 4.98 Å². The Kier molecular flexibility index (Phi) is 5.20. The zero-order valence-electron chi connectivity index (χ0n) is 19.8. The van der Waals surface area contributed by atoms with Crippen LogP contribution in [0, 0.1) is 11.8 Å². The first kappa shape index (κ1) is 21.8. The largest absolute Gasteiger partial charge is 0.342 e. The Hall–Kier alpha value is -3.45. The number of H-pyrrole nitrogens is 1. The lowest BCUT2D eigenvalue weighted by Crippen LogP contribution is -2.30. The molecular weight excluding hydrogens is 514 g/mol. The van der Waals surface area contributed by atoms with E-state index in [1.807, 2.05) is 12.3 Å². The summed E-state index contributed by atoms with van der Waals surface area (Å²) in [5.74, 6) is 2.06. The number of aromatic amines is 1. The highest BCUT2D eigenvalue weighted by molar-refractivity contribution is 9.10. The van der Waals surface area contributed by atoms with E-state index in [-0.39, 0.29) is 5.92 Å². The minimum absolute atomic E-state index is 0.289. The van der Waals surface area contributed by atoms with Crippen molar-refractivity contribution in [3.8, 4) is 22.5 Å². The summed E-state index contributed by atoms with van der Waals surface area (Å²) in [4.78, 5) is 19.7. The average Bonchev–Trinajstić information content (AvgIpc) is 3.30. The molecular formula is C29H26BrN5O. The van der Waals surface area contributed by atoms with Gasteiger partial charge in [0, 0.05) is 41.0 Å².